The molecule has 198 valence electrons. The number of ether oxygens (including phenoxy) is 1. The third-order valence-electron chi connectivity index (χ3n) is 7.42. The van der Waals surface area contributed by atoms with E-state index in [4.69, 9.17) is 9.72 Å². The van der Waals surface area contributed by atoms with E-state index in [9.17, 15) is 4.79 Å². The summed E-state index contributed by atoms with van der Waals surface area (Å²) in [5, 5.41) is 3.07. The van der Waals surface area contributed by atoms with Crippen LogP contribution in [0.25, 0.3) is 11.0 Å². The van der Waals surface area contributed by atoms with E-state index in [0.717, 1.165) is 67.2 Å². The standard InChI is InChI=1S/C32H38N4O2/c1-2-3-9-25-14-16-27(17-15-25)33-32(37)23-35-20-18-26(19-21-35)22-36-30-13-8-7-12-29(30)34-31(36)24-38-28-10-5-4-6-11-28/h4-8,10-17,26H,2-3,9,18-24H2,1H3,(H,33,37). The number of para-hydroxylation sites is 3. The highest BCUT2D eigenvalue weighted by atomic mass is 16.5. The van der Waals surface area contributed by atoms with Crippen molar-refractivity contribution in [2.24, 2.45) is 5.92 Å². The first-order chi connectivity index (χ1) is 18.7. The molecule has 0 bridgehead atoms. The van der Waals surface area contributed by atoms with E-state index in [2.05, 4.69) is 52.0 Å². The van der Waals surface area contributed by atoms with Gasteiger partial charge in [-0.2, -0.15) is 0 Å². The van der Waals surface area contributed by atoms with Gasteiger partial charge in [0.25, 0.3) is 0 Å². The van der Waals surface area contributed by atoms with Crippen molar-refractivity contribution in [1.82, 2.24) is 14.5 Å². The van der Waals surface area contributed by atoms with Crippen LogP contribution in [-0.2, 0) is 24.4 Å². The maximum absolute atomic E-state index is 12.7. The first-order valence-corrected chi connectivity index (χ1v) is 13.9. The van der Waals surface area contributed by atoms with Crippen LogP contribution in [0.15, 0.2) is 78.9 Å². The molecular weight excluding hydrogens is 472 g/mol. The number of imidazole rings is 1. The van der Waals surface area contributed by atoms with Crippen molar-refractivity contribution in [2.45, 2.75) is 52.2 Å². The maximum atomic E-state index is 12.7. The van der Waals surface area contributed by atoms with Crippen LogP contribution in [0.2, 0.25) is 0 Å². The van der Waals surface area contributed by atoms with Gasteiger partial charge in [0, 0.05) is 12.2 Å². The minimum Gasteiger partial charge on any atom is -0.486 e. The number of fused-ring (bicyclic) bond motifs is 1. The molecule has 3 aromatic carbocycles. The number of nitrogens with zero attached hydrogens (tertiary/aromatic N) is 3. The molecule has 0 spiro atoms. The normalized spacial score (nSPS) is 14.6. The topological polar surface area (TPSA) is 59.4 Å². The zero-order valence-corrected chi connectivity index (χ0v) is 22.3. The number of rotatable bonds is 11. The van der Waals surface area contributed by atoms with E-state index in [0.29, 0.717) is 19.1 Å². The number of benzene rings is 3. The van der Waals surface area contributed by atoms with Gasteiger partial charge in [-0.1, -0.05) is 55.8 Å². The summed E-state index contributed by atoms with van der Waals surface area (Å²) in [4.78, 5) is 19.8. The minimum absolute atomic E-state index is 0.0608. The van der Waals surface area contributed by atoms with Crippen LogP contribution in [0.4, 0.5) is 5.69 Å². The summed E-state index contributed by atoms with van der Waals surface area (Å²) in [6.07, 6.45) is 5.60. The number of unbranched alkanes of at least 4 members (excludes halogenated alkanes) is 1. The van der Waals surface area contributed by atoms with Crippen molar-refractivity contribution in [3.8, 4) is 5.75 Å². The third kappa shape index (κ3) is 6.81. The van der Waals surface area contributed by atoms with Crippen molar-refractivity contribution in [3.63, 3.8) is 0 Å². The first kappa shape index (κ1) is 26.0. The number of amides is 1. The first-order valence-electron chi connectivity index (χ1n) is 13.9. The molecule has 1 fully saturated rings. The second kappa shape index (κ2) is 12.7. The number of hydrogen-bond acceptors (Lipinski definition) is 4. The van der Waals surface area contributed by atoms with Gasteiger partial charge in [0.2, 0.25) is 5.91 Å². The van der Waals surface area contributed by atoms with Crippen molar-refractivity contribution < 1.29 is 9.53 Å². The quantitative estimate of drug-likeness (QED) is 0.257. The van der Waals surface area contributed by atoms with Crippen molar-refractivity contribution >= 4 is 22.6 Å². The number of aryl methyl sites for hydroxylation is 1. The smallest absolute Gasteiger partial charge is 0.238 e. The van der Waals surface area contributed by atoms with Crippen LogP contribution in [0.5, 0.6) is 5.75 Å². The van der Waals surface area contributed by atoms with E-state index in [1.54, 1.807) is 0 Å². The number of likely N-dealkylation sites (tertiary alicyclic amines) is 1. The highest BCUT2D eigenvalue weighted by Crippen LogP contribution is 2.24. The number of hydrogen-bond donors (Lipinski definition) is 1. The summed E-state index contributed by atoms with van der Waals surface area (Å²) in [7, 11) is 0. The second-order valence-corrected chi connectivity index (χ2v) is 10.3. The Morgan fingerprint density at radius 2 is 1.71 bits per heavy atom. The van der Waals surface area contributed by atoms with E-state index in [-0.39, 0.29) is 5.91 Å². The highest BCUT2D eigenvalue weighted by Gasteiger charge is 2.23. The molecule has 5 rings (SSSR count). The van der Waals surface area contributed by atoms with Gasteiger partial charge in [0.15, 0.2) is 0 Å². The molecule has 0 atom stereocenters. The minimum atomic E-state index is 0.0608. The van der Waals surface area contributed by atoms with Crippen LogP contribution in [-0.4, -0.2) is 40.0 Å². The van der Waals surface area contributed by atoms with E-state index < -0.39 is 0 Å². The molecule has 1 aromatic heterocycles. The third-order valence-corrected chi connectivity index (χ3v) is 7.42. The highest BCUT2D eigenvalue weighted by molar-refractivity contribution is 5.92. The number of carbonyl (C=O) groups is 1. The molecule has 1 aliphatic heterocycles. The average molecular weight is 511 g/mol. The van der Waals surface area contributed by atoms with Crippen LogP contribution in [0.1, 0.15) is 44.0 Å². The Labute approximate surface area is 225 Å². The molecule has 2 heterocycles. The predicted molar refractivity (Wildman–Crippen MR) is 153 cm³/mol. The summed E-state index contributed by atoms with van der Waals surface area (Å²) in [5.74, 6) is 2.41. The number of anilines is 1. The Bertz CT molecular complexity index is 1310. The van der Waals surface area contributed by atoms with Crippen LogP contribution in [0, 0.1) is 5.92 Å². The molecule has 1 amide bonds. The van der Waals surface area contributed by atoms with E-state index in [1.807, 2.05) is 48.5 Å². The van der Waals surface area contributed by atoms with Gasteiger partial charge in [0.1, 0.15) is 18.2 Å². The lowest BCUT2D eigenvalue weighted by molar-refractivity contribution is -0.117. The summed E-state index contributed by atoms with van der Waals surface area (Å²) >= 11 is 0. The van der Waals surface area contributed by atoms with Gasteiger partial charge < -0.3 is 14.6 Å². The summed E-state index contributed by atoms with van der Waals surface area (Å²) < 4.78 is 8.38. The molecule has 38 heavy (non-hydrogen) atoms. The molecule has 1 N–H and O–H groups in total. The van der Waals surface area contributed by atoms with E-state index >= 15 is 0 Å². The lowest BCUT2D eigenvalue weighted by Crippen LogP contribution is -2.40. The molecule has 0 saturated carbocycles. The molecular formula is C32H38N4O2. The van der Waals surface area contributed by atoms with Crippen LogP contribution >= 0.6 is 0 Å². The van der Waals surface area contributed by atoms with Gasteiger partial charge in [-0.3, -0.25) is 9.69 Å². The zero-order valence-electron chi connectivity index (χ0n) is 22.3. The zero-order chi connectivity index (χ0) is 26.2. The Morgan fingerprint density at radius 3 is 2.47 bits per heavy atom. The van der Waals surface area contributed by atoms with Gasteiger partial charge in [0.05, 0.1) is 17.6 Å². The molecule has 6 nitrogen and oxygen atoms in total. The SMILES string of the molecule is CCCCc1ccc(NC(=O)CN2CCC(Cn3c(COc4ccccc4)nc4ccccc43)CC2)cc1. The largest absolute Gasteiger partial charge is 0.486 e. The van der Waals surface area contributed by atoms with Gasteiger partial charge in [-0.25, -0.2) is 4.98 Å². The fourth-order valence-corrected chi connectivity index (χ4v) is 5.23. The Kier molecular flexibility index (Phi) is 8.71. The van der Waals surface area contributed by atoms with E-state index in [1.165, 1.54) is 18.4 Å². The lowest BCUT2D eigenvalue weighted by atomic mass is 9.96. The number of carbonyl (C=O) groups excluding carboxylic acids is 1. The lowest BCUT2D eigenvalue weighted by Gasteiger charge is -2.32. The molecule has 1 aliphatic rings. The monoisotopic (exact) mass is 510 g/mol. The molecule has 0 unspecified atom stereocenters. The molecule has 0 radical (unpaired) electrons. The Morgan fingerprint density at radius 1 is 0.974 bits per heavy atom. The Hall–Kier alpha value is -3.64. The number of aromatic nitrogens is 2. The number of nitrogens with one attached hydrogen (secondary N) is 1. The molecule has 0 aliphatic carbocycles. The summed E-state index contributed by atoms with van der Waals surface area (Å²) in [6.45, 7) is 5.85. The fourth-order valence-electron chi connectivity index (χ4n) is 5.23. The van der Waals surface area contributed by atoms with Crippen LogP contribution < -0.4 is 10.1 Å². The fraction of sp³-hybridized carbons (Fsp3) is 0.375. The molecule has 1 saturated heterocycles. The van der Waals surface area contributed by atoms with Crippen molar-refractivity contribution in [1.29, 1.82) is 0 Å². The summed E-state index contributed by atoms with van der Waals surface area (Å²) in [6, 6.07) is 26.5. The molecule has 4 aromatic rings. The number of piperidine rings is 1. The van der Waals surface area contributed by atoms with Gasteiger partial charge in [-0.15, -0.1) is 0 Å². The van der Waals surface area contributed by atoms with Gasteiger partial charge in [-0.05, 0) is 86.7 Å². The summed E-state index contributed by atoms with van der Waals surface area (Å²) in [5.41, 5.74) is 4.36. The maximum Gasteiger partial charge on any atom is 0.238 e. The average Bonchev–Trinajstić information content (AvgIpc) is 3.30. The Balaban J connectivity index is 1.14. The van der Waals surface area contributed by atoms with Gasteiger partial charge >= 0.3 is 0 Å². The van der Waals surface area contributed by atoms with Crippen molar-refractivity contribution in [2.75, 3.05) is 25.0 Å². The molecule has 6 heteroatoms. The predicted octanol–water partition coefficient (Wildman–Crippen LogP) is 6.31. The van der Waals surface area contributed by atoms with Crippen LogP contribution in [0.3, 0.4) is 0 Å². The van der Waals surface area contributed by atoms with Crippen molar-refractivity contribution in [3.05, 3.63) is 90.3 Å². The second-order valence-electron chi connectivity index (χ2n) is 10.3.